The van der Waals surface area contributed by atoms with E-state index < -0.39 is 26.6 Å². The smallest absolute Gasteiger partial charge is 1.00 e. The van der Waals surface area contributed by atoms with E-state index in [4.69, 9.17) is 0 Å². The van der Waals surface area contributed by atoms with Crippen molar-refractivity contribution in [2.75, 3.05) is 0 Å². The van der Waals surface area contributed by atoms with Crippen LogP contribution in [0.3, 0.4) is 0 Å². The maximum atomic E-state index is 2.75. The number of hydrogen-bond donors (Lipinski definition) is 0. The number of halogens is 2. The normalized spacial score (nSPS) is 20.8. The molecule has 0 heterocycles. The van der Waals surface area contributed by atoms with Gasteiger partial charge in [-0.05, 0) is 0 Å². The molecule has 3 aliphatic rings. The summed E-state index contributed by atoms with van der Waals surface area (Å²) in [5.74, 6) is -0.813. The zero-order chi connectivity index (χ0) is 29.7. The number of fused-ring (bicyclic) bond motifs is 2. The fourth-order valence-electron chi connectivity index (χ4n) is 8.76. The van der Waals surface area contributed by atoms with Crippen molar-refractivity contribution in [3.63, 3.8) is 0 Å². The van der Waals surface area contributed by atoms with Crippen LogP contribution < -0.4 is 24.8 Å². The largest absolute Gasteiger partial charge is 1.00 e. The molecular formula is C38H53Cl2HfSi. The predicted molar refractivity (Wildman–Crippen MR) is 177 cm³/mol. The average Bonchev–Trinajstić information content (AvgIpc) is 3.33. The van der Waals surface area contributed by atoms with E-state index in [0.717, 1.165) is 7.35 Å². The molecule has 0 aliphatic heterocycles. The second-order valence-corrected chi connectivity index (χ2v) is 43.9. The van der Waals surface area contributed by atoms with Crippen LogP contribution in [0.2, 0.25) is 16.8 Å². The van der Waals surface area contributed by atoms with Crippen LogP contribution in [0.1, 0.15) is 121 Å². The predicted octanol–water partition coefficient (Wildman–Crippen LogP) is 5.15. The fourth-order valence-corrected chi connectivity index (χ4v) is 42.9. The van der Waals surface area contributed by atoms with Gasteiger partial charge in [0.05, 0.1) is 0 Å². The second kappa shape index (κ2) is 11.9. The molecule has 1 unspecified atom stereocenters. The van der Waals surface area contributed by atoms with Crippen molar-refractivity contribution in [2.24, 2.45) is 0 Å². The van der Waals surface area contributed by atoms with E-state index in [1.165, 1.54) is 17.5 Å². The molecule has 0 aromatic heterocycles. The van der Waals surface area contributed by atoms with Crippen LogP contribution in [0.25, 0.3) is 17.2 Å². The quantitative estimate of drug-likeness (QED) is 0.377. The van der Waals surface area contributed by atoms with E-state index in [1.807, 2.05) is 0 Å². The van der Waals surface area contributed by atoms with Gasteiger partial charge in [-0.2, -0.15) is 0 Å². The minimum Gasteiger partial charge on any atom is -1.00 e. The summed E-state index contributed by atoms with van der Waals surface area (Å²) in [6.07, 6.45) is 3.87. The van der Waals surface area contributed by atoms with Crippen molar-refractivity contribution < 1.29 is 45.4 Å². The third kappa shape index (κ3) is 5.63. The number of benzene rings is 2. The zero-order valence-corrected chi connectivity index (χ0v) is 34.9. The first kappa shape index (κ1) is 35.8. The van der Waals surface area contributed by atoms with E-state index in [0.29, 0.717) is 0 Å². The second-order valence-electron chi connectivity index (χ2n) is 16.0. The van der Waals surface area contributed by atoms with Crippen LogP contribution in [-0.2, 0) is 36.9 Å². The average molecular weight is 787 g/mol. The summed E-state index contributed by atoms with van der Waals surface area (Å²) in [5.41, 5.74) is 19.8. The van der Waals surface area contributed by atoms with Gasteiger partial charge in [-0.25, -0.2) is 0 Å². The third-order valence-corrected chi connectivity index (χ3v) is 42.6. The van der Waals surface area contributed by atoms with Crippen molar-refractivity contribution in [1.29, 1.82) is 0 Å². The Labute approximate surface area is 278 Å². The molecule has 0 nitrogen and oxygen atoms in total. The molecule has 0 radical (unpaired) electrons. The molecule has 0 saturated carbocycles. The summed E-state index contributed by atoms with van der Waals surface area (Å²) >= 11 is -2.20. The first-order valence-corrected chi connectivity index (χ1v) is 28.9. The molecule has 0 saturated heterocycles. The van der Waals surface area contributed by atoms with Gasteiger partial charge in [0.1, 0.15) is 0 Å². The number of allylic oxidation sites excluding steroid dienone is 5. The molecule has 227 valence electrons. The standard InChI is InChI=1S/C27H33.C9H13.C2H7Si.2ClH.Hf/c1-17-13-19-15-22-24(27(7,8)16-26(22,5)6)23(21(19)14-17)18-9-11-20(12-10-18)25(2,3)4;1-6-5-7(2)9(4)8(6)3;1-3-2;;;/h9-15H,16H2,1-8H3;5H,1-4H3;3H,1-2H3;2*1H;/q;;;;;+2/p-2. The van der Waals surface area contributed by atoms with Gasteiger partial charge >= 0.3 is 256 Å². The Morgan fingerprint density at radius 3 is 1.79 bits per heavy atom. The van der Waals surface area contributed by atoms with Gasteiger partial charge in [-0.3, -0.25) is 0 Å². The number of hydrogen-bond acceptors (Lipinski definition) is 0. The minimum atomic E-state index is -2.20. The van der Waals surface area contributed by atoms with Gasteiger partial charge in [0.2, 0.25) is 0 Å². The van der Waals surface area contributed by atoms with Gasteiger partial charge in [0.25, 0.3) is 0 Å². The van der Waals surface area contributed by atoms with Gasteiger partial charge in [-0.15, -0.1) is 0 Å². The Morgan fingerprint density at radius 1 is 0.786 bits per heavy atom. The fraction of sp³-hybridized carbons (Fsp3) is 0.526. The Bertz CT molecular complexity index is 1450. The molecule has 2 aromatic rings. The minimum absolute atomic E-state index is 0. The van der Waals surface area contributed by atoms with Crippen molar-refractivity contribution in [1.82, 2.24) is 0 Å². The van der Waals surface area contributed by atoms with Gasteiger partial charge in [0.15, 0.2) is 0 Å². The summed E-state index contributed by atoms with van der Waals surface area (Å²) in [5, 5.41) is 0. The Hall–Kier alpha value is -0.673. The van der Waals surface area contributed by atoms with E-state index in [-0.39, 0.29) is 41.1 Å². The molecule has 0 fully saturated rings. The molecule has 0 bridgehead atoms. The molecule has 0 spiro atoms. The molecule has 0 N–H and O–H groups in total. The molecule has 5 rings (SSSR count). The van der Waals surface area contributed by atoms with Crippen LogP contribution >= 0.6 is 0 Å². The Kier molecular flexibility index (Phi) is 10.2. The van der Waals surface area contributed by atoms with Crippen LogP contribution in [0.5, 0.6) is 0 Å². The summed E-state index contributed by atoms with van der Waals surface area (Å²) < 4.78 is 1.51. The monoisotopic (exact) mass is 787 g/mol. The van der Waals surface area contributed by atoms with Gasteiger partial charge in [0, 0.05) is 0 Å². The van der Waals surface area contributed by atoms with E-state index >= 15 is 0 Å². The van der Waals surface area contributed by atoms with Crippen LogP contribution in [0, 0.1) is 0 Å². The third-order valence-electron chi connectivity index (χ3n) is 10.8. The first-order chi connectivity index (χ1) is 18.4. The van der Waals surface area contributed by atoms with E-state index in [2.05, 4.69) is 133 Å². The number of rotatable bonds is 4. The van der Waals surface area contributed by atoms with Gasteiger partial charge in [-0.1, -0.05) is 0 Å². The molecule has 42 heavy (non-hydrogen) atoms. The van der Waals surface area contributed by atoms with Crippen LogP contribution in [0.4, 0.5) is 0 Å². The maximum absolute atomic E-state index is 2.75. The van der Waals surface area contributed by atoms with Crippen molar-refractivity contribution in [2.45, 2.75) is 126 Å². The summed E-state index contributed by atoms with van der Waals surface area (Å²) in [4.78, 5) is 0. The van der Waals surface area contributed by atoms with Crippen LogP contribution in [0.15, 0.2) is 58.2 Å². The summed E-state index contributed by atoms with van der Waals surface area (Å²) in [7, 11) is 0. The summed E-state index contributed by atoms with van der Waals surface area (Å²) in [6.45, 7) is 34.6. The van der Waals surface area contributed by atoms with Crippen molar-refractivity contribution >= 4 is 12.1 Å². The van der Waals surface area contributed by atoms with Crippen molar-refractivity contribution in [3.05, 3.63) is 86.0 Å². The SMILES string of the molecule is CC1=Cc2c(cc3c(c2-c2ccc(C(C)(C)C)cc2)C(C)(C)CC3(C)C)[CH]1[Hf+2]([CH]1C(C)=C(C)C(C)=C1C)[SiH](C)C.[Cl-].[Cl-]. The molecule has 4 heteroatoms. The topological polar surface area (TPSA) is 0 Å². The molecule has 0 amide bonds. The van der Waals surface area contributed by atoms with Crippen LogP contribution in [-0.4, -0.2) is 5.98 Å². The first-order valence-electron chi connectivity index (χ1n) is 15.6. The summed E-state index contributed by atoms with van der Waals surface area (Å²) in [6, 6.07) is 12.4. The van der Waals surface area contributed by atoms with Crippen molar-refractivity contribution in [3.8, 4) is 11.1 Å². The van der Waals surface area contributed by atoms with E-state index in [9.17, 15) is 0 Å². The van der Waals surface area contributed by atoms with E-state index in [1.54, 1.807) is 55.7 Å². The van der Waals surface area contributed by atoms with Gasteiger partial charge < -0.3 is 24.8 Å². The molecule has 3 aliphatic carbocycles. The Balaban J connectivity index is 0.00000242. The molecule has 2 aromatic carbocycles. The Morgan fingerprint density at radius 2 is 1.31 bits per heavy atom. The maximum Gasteiger partial charge on any atom is -1.00 e. The molecular weight excluding hydrogens is 734 g/mol. The zero-order valence-electron chi connectivity index (χ0n) is 28.7. The molecule has 1 atom stereocenters.